The zero-order valence-corrected chi connectivity index (χ0v) is 17.9. The van der Waals surface area contributed by atoms with Gasteiger partial charge in [0.1, 0.15) is 25.2 Å². The van der Waals surface area contributed by atoms with Gasteiger partial charge < -0.3 is 38.2 Å². The van der Waals surface area contributed by atoms with Gasteiger partial charge in [-0.1, -0.05) is 18.2 Å². The van der Waals surface area contributed by atoms with Gasteiger partial charge in [-0.2, -0.15) is 0 Å². The molecule has 0 aliphatic carbocycles. The molecular weight excluding hydrogens is 355 g/mol. The maximum Gasteiger partial charge on any atom is 0.159 e. The van der Waals surface area contributed by atoms with Gasteiger partial charge in [0, 0.05) is 5.39 Å². The van der Waals surface area contributed by atoms with E-state index in [1.165, 1.54) is 42.6 Å². The summed E-state index contributed by atoms with van der Waals surface area (Å²) < 4.78 is 8.31. The first-order chi connectivity index (χ1) is 11.0. The second-order valence-corrected chi connectivity index (χ2v) is 7.08. The molecule has 5 heteroatoms. The van der Waals surface area contributed by atoms with Crippen LogP contribution in [0.5, 0.6) is 0 Å². The second kappa shape index (κ2) is 10.4. The monoisotopic (exact) mass is 388 g/mol. The third kappa shape index (κ3) is 5.89. The number of hydrogen-bond donors (Lipinski definition) is 0. The van der Waals surface area contributed by atoms with Crippen molar-refractivity contribution in [2.45, 2.75) is 34.2 Å². The molecule has 0 bridgehead atoms. The van der Waals surface area contributed by atoms with Crippen molar-refractivity contribution in [2.24, 2.45) is 0 Å². The standard InChI is InChI=1S/C20H34N2O.2ClH/c1-6-21(5,14-15-22(7-2,8-3)9-4)17-19-16-18-12-10-11-13-20(18)23-19;;/h10-13,16H,6-9,14-15,17H2,1-5H3;2*1H/q+2;;/p-2. The molecule has 1 atom stereocenters. The minimum atomic E-state index is 0. The fourth-order valence-electron chi connectivity index (χ4n) is 3.44. The maximum absolute atomic E-state index is 6.06. The van der Waals surface area contributed by atoms with E-state index in [0.29, 0.717) is 0 Å². The third-order valence-electron chi connectivity index (χ3n) is 5.90. The molecule has 1 heterocycles. The Morgan fingerprint density at radius 2 is 1.44 bits per heavy atom. The Labute approximate surface area is 166 Å². The number of halogens is 2. The average Bonchev–Trinajstić information content (AvgIpc) is 2.98. The lowest BCUT2D eigenvalue weighted by Crippen LogP contribution is -3.00. The van der Waals surface area contributed by atoms with Crippen molar-refractivity contribution in [3.8, 4) is 0 Å². The van der Waals surface area contributed by atoms with Crippen LogP contribution in [0.25, 0.3) is 11.0 Å². The summed E-state index contributed by atoms with van der Waals surface area (Å²) in [5.41, 5.74) is 1.01. The summed E-state index contributed by atoms with van der Waals surface area (Å²) in [5, 5.41) is 1.21. The zero-order chi connectivity index (χ0) is 16.9. The number of nitrogens with zero attached hydrogens (tertiary/aromatic N) is 2. The Kier molecular flexibility index (Phi) is 10.1. The van der Waals surface area contributed by atoms with Gasteiger partial charge in [0.05, 0.1) is 33.2 Å². The largest absolute Gasteiger partial charge is 1.00 e. The molecule has 0 fully saturated rings. The van der Waals surface area contributed by atoms with Crippen LogP contribution in [0.1, 0.15) is 33.5 Å². The zero-order valence-electron chi connectivity index (χ0n) is 16.4. The van der Waals surface area contributed by atoms with Gasteiger partial charge in [-0.05, 0) is 39.8 Å². The van der Waals surface area contributed by atoms with Crippen LogP contribution in [0.4, 0.5) is 0 Å². The van der Waals surface area contributed by atoms with Crippen LogP contribution >= 0.6 is 0 Å². The summed E-state index contributed by atoms with van der Waals surface area (Å²) in [4.78, 5) is 0. The number of fused-ring (bicyclic) bond motifs is 1. The van der Waals surface area contributed by atoms with E-state index in [2.05, 4.69) is 59.0 Å². The molecule has 1 aromatic carbocycles. The Bertz CT molecular complexity index is 584. The first-order valence-electron chi connectivity index (χ1n) is 9.16. The average molecular weight is 389 g/mol. The molecule has 2 rings (SSSR count). The number of quaternary nitrogens is 2. The van der Waals surface area contributed by atoms with Gasteiger partial charge in [0.15, 0.2) is 5.76 Å². The van der Waals surface area contributed by atoms with E-state index in [1.807, 2.05) is 6.07 Å². The number of likely N-dealkylation sites (N-methyl/N-ethyl adjacent to an activating group) is 2. The molecule has 0 amide bonds. The minimum absolute atomic E-state index is 0. The molecule has 0 aliphatic heterocycles. The Morgan fingerprint density at radius 3 is 1.96 bits per heavy atom. The molecule has 0 spiro atoms. The van der Waals surface area contributed by atoms with Crippen LogP contribution in [0.3, 0.4) is 0 Å². The summed E-state index contributed by atoms with van der Waals surface area (Å²) in [5.74, 6) is 1.11. The molecule has 25 heavy (non-hydrogen) atoms. The molecule has 2 aromatic rings. The summed E-state index contributed by atoms with van der Waals surface area (Å²) >= 11 is 0. The van der Waals surface area contributed by atoms with Gasteiger partial charge in [0.2, 0.25) is 0 Å². The van der Waals surface area contributed by atoms with Crippen molar-refractivity contribution in [3.63, 3.8) is 0 Å². The van der Waals surface area contributed by atoms with E-state index in [9.17, 15) is 0 Å². The van der Waals surface area contributed by atoms with Crippen molar-refractivity contribution in [2.75, 3.05) is 46.3 Å². The highest BCUT2D eigenvalue weighted by molar-refractivity contribution is 5.77. The highest BCUT2D eigenvalue weighted by atomic mass is 35.5. The Hall–Kier alpha value is -0.740. The molecule has 0 saturated carbocycles. The number of rotatable bonds is 9. The summed E-state index contributed by atoms with van der Waals surface area (Å²) in [6.45, 7) is 17.5. The Morgan fingerprint density at radius 1 is 0.840 bits per heavy atom. The third-order valence-corrected chi connectivity index (χ3v) is 5.90. The molecule has 0 aliphatic rings. The molecule has 1 aromatic heterocycles. The van der Waals surface area contributed by atoms with E-state index in [1.54, 1.807) is 0 Å². The predicted octanol–water partition coefficient (Wildman–Crippen LogP) is -1.72. The van der Waals surface area contributed by atoms with Crippen molar-refractivity contribution >= 4 is 11.0 Å². The van der Waals surface area contributed by atoms with E-state index >= 15 is 0 Å². The summed E-state index contributed by atoms with van der Waals surface area (Å²) in [6.07, 6.45) is 0. The van der Waals surface area contributed by atoms with Crippen molar-refractivity contribution in [1.29, 1.82) is 0 Å². The predicted molar refractivity (Wildman–Crippen MR) is 98.3 cm³/mol. The Balaban J connectivity index is 0.00000288. The smallest absolute Gasteiger partial charge is 0.159 e. The maximum atomic E-state index is 6.06. The van der Waals surface area contributed by atoms with Crippen molar-refractivity contribution in [3.05, 3.63) is 36.1 Å². The highest BCUT2D eigenvalue weighted by Crippen LogP contribution is 2.22. The highest BCUT2D eigenvalue weighted by Gasteiger charge is 2.29. The molecule has 0 saturated heterocycles. The molecule has 0 radical (unpaired) electrons. The SMILES string of the molecule is CC[N+](C)(CC[N+](CC)(CC)CC)Cc1cc2ccccc2o1.[Cl-].[Cl-]. The van der Waals surface area contributed by atoms with E-state index in [4.69, 9.17) is 4.42 Å². The van der Waals surface area contributed by atoms with Crippen LogP contribution in [-0.2, 0) is 6.54 Å². The van der Waals surface area contributed by atoms with Crippen LogP contribution in [0.2, 0.25) is 0 Å². The second-order valence-electron chi connectivity index (χ2n) is 7.08. The van der Waals surface area contributed by atoms with Gasteiger partial charge >= 0.3 is 0 Å². The van der Waals surface area contributed by atoms with E-state index in [-0.39, 0.29) is 24.8 Å². The van der Waals surface area contributed by atoms with Crippen LogP contribution in [0.15, 0.2) is 34.7 Å². The van der Waals surface area contributed by atoms with E-state index < -0.39 is 0 Å². The normalized spacial score (nSPS) is 13.8. The van der Waals surface area contributed by atoms with Gasteiger partial charge in [-0.25, -0.2) is 0 Å². The van der Waals surface area contributed by atoms with Gasteiger partial charge in [-0.3, -0.25) is 0 Å². The number of benzene rings is 1. The minimum Gasteiger partial charge on any atom is -1.00 e. The lowest BCUT2D eigenvalue weighted by Gasteiger charge is -2.40. The van der Waals surface area contributed by atoms with Crippen molar-refractivity contribution < 1.29 is 38.2 Å². The number of para-hydroxylation sites is 1. The summed E-state index contributed by atoms with van der Waals surface area (Å²) in [7, 11) is 2.36. The van der Waals surface area contributed by atoms with Crippen LogP contribution in [0, 0.1) is 0 Å². The lowest BCUT2D eigenvalue weighted by molar-refractivity contribution is -0.976. The fourth-order valence-corrected chi connectivity index (χ4v) is 3.44. The van der Waals surface area contributed by atoms with Crippen LogP contribution < -0.4 is 24.8 Å². The molecule has 3 nitrogen and oxygen atoms in total. The lowest BCUT2D eigenvalue weighted by atomic mass is 10.2. The first-order valence-corrected chi connectivity index (χ1v) is 9.16. The van der Waals surface area contributed by atoms with Crippen molar-refractivity contribution in [1.82, 2.24) is 0 Å². The van der Waals surface area contributed by atoms with Gasteiger partial charge in [-0.15, -0.1) is 0 Å². The molecular formula is C20H34Cl2N2O. The van der Waals surface area contributed by atoms with Gasteiger partial charge in [0.25, 0.3) is 0 Å². The molecule has 144 valence electrons. The number of furan rings is 1. The fraction of sp³-hybridized carbons (Fsp3) is 0.600. The first kappa shape index (κ1) is 24.3. The molecule has 0 N–H and O–H groups in total. The molecule has 1 unspecified atom stereocenters. The summed E-state index contributed by atoms with van der Waals surface area (Å²) in [6, 6.07) is 10.5. The van der Waals surface area contributed by atoms with Crippen LogP contribution in [-0.4, -0.2) is 55.3 Å². The topological polar surface area (TPSA) is 13.1 Å². The quantitative estimate of drug-likeness (QED) is 0.466. The number of hydrogen-bond acceptors (Lipinski definition) is 1. The van der Waals surface area contributed by atoms with E-state index in [0.717, 1.165) is 28.9 Å².